The van der Waals surface area contributed by atoms with Gasteiger partial charge in [0.15, 0.2) is 12.5 Å². The van der Waals surface area contributed by atoms with Crippen LogP contribution in [0.15, 0.2) is 42.5 Å². The average Bonchev–Trinajstić information content (AvgIpc) is 2.66. The Bertz CT molecular complexity index is 752. The first kappa shape index (κ1) is 20.1. The Kier molecular flexibility index (Phi) is 6.71. The molecular weight excluding hydrogens is 371 g/mol. The summed E-state index contributed by atoms with van der Waals surface area (Å²) < 4.78 is 30.0. The van der Waals surface area contributed by atoms with Crippen molar-refractivity contribution in [2.75, 3.05) is 13.7 Å². The fraction of sp³-hybridized carbons (Fsp3) is 0.429. The summed E-state index contributed by atoms with van der Waals surface area (Å²) in [7, 11) is 1.39. The van der Waals surface area contributed by atoms with Gasteiger partial charge in [0, 0.05) is 18.6 Å². The summed E-state index contributed by atoms with van der Waals surface area (Å²) in [6.07, 6.45) is -3.33. The van der Waals surface area contributed by atoms with E-state index in [1.165, 1.54) is 7.11 Å². The summed E-state index contributed by atoms with van der Waals surface area (Å²) in [5, 5.41) is 10.9. The first-order valence-corrected chi connectivity index (χ1v) is 9.40. The number of alkyl halides is 1. The van der Waals surface area contributed by atoms with Gasteiger partial charge in [-0.1, -0.05) is 35.9 Å². The van der Waals surface area contributed by atoms with Crippen molar-refractivity contribution in [1.29, 1.82) is 0 Å². The van der Waals surface area contributed by atoms with Crippen LogP contribution in [-0.2, 0) is 15.9 Å². The molecule has 0 amide bonds. The molecule has 4 nitrogen and oxygen atoms in total. The van der Waals surface area contributed by atoms with Crippen molar-refractivity contribution in [3.63, 3.8) is 0 Å². The van der Waals surface area contributed by atoms with Crippen molar-refractivity contribution >= 4 is 11.6 Å². The zero-order chi connectivity index (χ0) is 19.4. The van der Waals surface area contributed by atoms with Gasteiger partial charge in [-0.3, -0.25) is 0 Å². The molecule has 1 saturated heterocycles. The van der Waals surface area contributed by atoms with Gasteiger partial charge in [-0.25, -0.2) is 4.39 Å². The number of ether oxygens (including phenoxy) is 3. The van der Waals surface area contributed by atoms with Crippen LogP contribution in [0.5, 0.6) is 5.75 Å². The molecule has 2 aromatic carbocycles. The largest absolute Gasteiger partial charge is 0.494 e. The van der Waals surface area contributed by atoms with Gasteiger partial charge in [-0.05, 0) is 48.2 Å². The Labute approximate surface area is 163 Å². The lowest BCUT2D eigenvalue weighted by Gasteiger charge is -2.35. The van der Waals surface area contributed by atoms with E-state index in [4.69, 9.17) is 25.8 Å². The second kappa shape index (κ2) is 9.02. The first-order chi connectivity index (χ1) is 13.0. The molecule has 0 radical (unpaired) electrons. The number of benzene rings is 2. The van der Waals surface area contributed by atoms with Crippen molar-refractivity contribution in [1.82, 2.24) is 0 Å². The second-order valence-electron chi connectivity index (χ2n) is 6.58. The van der Waals surface area contributed by atoms with Crippen LogP contribution < -0.4 is 4.74 Å². The van der Waals surface area contributed by atoms with E-state index in [1.807, 2.05) is 37.3 Å². The highest BCUT2D eigenvalue weighted by molar-refractivity contribution is 6.31. The maximum absolute atomic E-state index is 13.9. The minimum atomic E-state index is -1.35. The number of aliphatic hydroxyl groups excluding tert-OH is 1. The van der Waals surface area contributed by atoms with E-state index >= 15 is 0 Å². The molecule has 0 aliphatic carbocycles. The highest BCUT2D eigenvalue weighted by atomic mass is 35.5. The van der Waals surface area contributed by atoms with Gasteiger partial charge in [0.05, 0.1) is 12.7 Å². The molecule has 0 bridgehead atoms. The lowest BCUT2D eigenvalue weighted by atomic mass is 9.94. The number of hydrogen-bond donors (Lipinski definition) is 1. The molecule has 1 heterocycles. The molecule has 4 atom stereocenters. The van der Waals surface area contributed by atoms with E-state index in [9.17, 15) is 9.50 Å². The van der Waals surface area contributed by atoms with E-state index in [-0.39, 0.29) is 6.42 Å². The topological polar surface area (TPSA) is 47.9 Å². The maximum Gasteiger partial charge on any atom is 0.189 e. The van der Waals surface area contributed by atoms with Crippen LogP contribution in [0.2, 0.25) is 5.02 Å². The van der Waals surface area contributed by atoms with Gasteiger partial charge in [-0.2, -0.15) is 0 Å². The van der Waals surface area contributed by atoms with Gasteiger partial charge in [0.1, 0.15) is 11.9 Å². The van der Waals surface area contributed by atoms with E-state index < -0.39 is 24.7 Å². The number of halogens is 2. The predicted octanol–water partition coefficient (Wildman–Crippen LogP) is 4.46. The zero-order valence-electron chi connectivity index (χ0n) is 15.4. The number of aliphatic hydroxyl groups is 1. The Morgan fingerprint density at radius 1 is 1.22 bits per heavy atom. The second-order valence-corrected chi connectivity index (χ2v) is 6.99. The molecule has 1 aliphatic rings. The molecular formula is C21H24ClFO4. The Hall–Kier alpha value is -1.66. The fourth-order valence-corrected chi connectivity index (χ4v) is 3.47. The molecule has 1 N–H and O–H groups in total. The summed E-state index contributed by atoms with van der Waals surface area (Å²) in [5.41, 5.74) is 2.74. The molecule has 2 unspecified atom stereocenters. The quantitative estimate of drug-likeness (QED) is 0.785. The Balaban J connectivity index is 1.79. The number of hydrogen-bond acceptors (Lipinski definition) is 4. The summed E-state index contributed by atoms with van der Waals surface area (Å²) in [6.45, 7) is 2.57. The van der Waals surface area contributed by atoms with E-state index in [0.29, 0.717) is 18.1 Å². The third-order valence-corrected chi connectivity index (χ3v) is 5.02. The van der Waals surface area contributed by atoms with Crippen LogP contribution >= 0.6 is 11.6 Å². The third-order valence-electron chi connectivity index (χ3n) is 4.65. The molecule has 0 saturated carbocycles. The summed E-state index contributed by atoms with van der Waals surface area (Å²) in [6, 6.07) is 13.3. The van der Waals surface area contributed by atoms with E-state index in [0.717, 1.165) is 22.4 Å². The van der Waals surface area contributed by atoms with Crippen molar-refractivity contribution in [2.45, 2.75) is 44.4 Å². The van der Waals surface area contributed by atoms with Crippen LogP contribution in [0, 0.1) is 0 Å². The minimum Gasteiger partial charge on any atom is -0.494 e. The van der Waals surface area contributed by atoms with Crippen LogP contribution in [0.4, 0.5) is 4.39 Å². The van der Waals surface area contributed by atoms with Crippen LogP contribution in [0.25, 0.3) is 0 Å². The van der Waals surface area contributed by atoms with Crippen LogP contribution in [-0.4, -0.2) is 37.4 Å². The molecule has 2 aromatic rings. The molecule has 0 aromatic heterocycles. The normalized spacial score (nSPS) is 25.4. The highest BCUT2D eigenvalue weighted by Gasteiger charge is 2.38. The van der Waals surface area contributed by atoms with Gasteiger partial charge in [0.2, 0.25) is 0 Å². The molecule has 0 spiro atoms. The molecule has 3 rings (SSSR count). The number of methoxy groups -OCH3 is 1. The van der Waals surface area contributed by atoms with Crippen molar-refractivity contribution in [2.24, 2.45) is 0 Å². The Morgan fingerprint density at radius 2 is 1.96 bits per heavy atom. The highest BCUT2D eigenvalue weighted by Crippen LogP contribution is 2.35. The standard InChI is InChI=1S/C21H24ClFO4/c1-3-26-16-7-4-13(5-8-16)10-15-11-14(6-9-17(15)22)20-19(24)12-18(23)21(25-2)27-20/h4-9,11,18-21,24H,3,10,12H2,1-2H3/t18-,19?,20+,21?/m1/s1. The lowest BCUT2D eigenvalue weighted by Crippen LogP contribution is -2.41. The molecule has 27 heavy (non-hydrogen) atoms. The summed E-state index contributed by atoms with van der Waals surface area (Å²) in [5.74, 6) is 0.825. The maximum atomic E-state index is 13.9. The van der Waals surface area contributed by atoms with Gasteiger partial charge >= 0.3 is 0 Å². The molecule has 6 heteroatoms. The van der Waals surface area contributed by atoms with E-state index in [1.54, 1.807) is 12.1 Å². The van der Waals surface area contributed by atoms with E-state index in [2.05, 4.69) is 0 Å². The van der Waals surface area contributed by atoms with Gasteiger partial charge in [0.25, 0.3) is 0 Å². The van der Waals surface area contributed by atoms with Gasteiger partial charge < -0.3 is 19.3 Å². The van der Waals surface area contributed by atoms with Crippen LogP contribution in [0.3, 0.4) is 0 Å². The Morgan fingerprint density at radius 3 is 2.63 bits per heavy atom. The SMILES string of the molecule is CCOc1ccc(Cc2cc([C@@H]3OC(OC)[C@H](F)CC3O)ccc2Cl)cc1. The summed E-state index contributed by atoms with van der Waals surface area (Å²) >= 11 is 6.37. The molecule has 1 fully saturated rings. The third kappa shape index (κ3) is 4.79. The smallest absolute Gasteiger partial charge is 0.189 e. The predicted molar refractivity (Wildman–Crippen MR) is 102 cm³/mol. The minimum absolute atomic E-state index is 0.0278. The van der Waals surface area contributed by atoms with Crippen molar-refractivity contribution in [3.05, 3.63) is 64.2 Å². The zero-order valence-corrected chi connectivity index (χ0v) is 16.2. The van der Waals surface area contributed by atoms with Crippen molar-refractivity contribution in [3.8, 4) is 5.75 Å². The monoisotopic (exact) mass is 394 g/mol. The average molecular weight is 395 g/mol. The summed E-state index contributed by atoms with van der Waals surface area (Å²) in [4.78, 5) is 0. The van der Waals surface area contributed by atoms with Crippen LogP contribution in [0.1, 0.15) is 36.1 Å². The lowest BCUT2D eigenvalue weighted by molar-refractivity contribution is -0.243. The first-order valence-electron chi connectivity index (χ1n) is 9.02. The fourth-order valence-electron chi connectivity index (χ4n) is 3.29. The number of rotatable bonds is 6. The molecule has 1 aliphatic heterocycles. The molecule has 146 valence electrons. The van der Waals surface area contributed by atoms with Gasteiger partial charge in [-0.15, -0.1) is 0 Å². The van der Waals surface area contributed by atoms with Crippen molar-refractivity contribution < 1.29 is 23.7 Å².